The van der Waals surface area contributed by atoms with Crippen molar-refractivity contribution in [2.24, 2.45) is 11.8 Å². The Kier molecular flexibility index (Phi) is 4.29. The first-order valence-electron chi connectivity index (χ1n) is 6.90. The molecule has 1 N–H and O–H groups in total. The number of carboxylic acid groups (broad SMARTS) is 1. The average Bonchev–Trinajstić information content (AvgIpc) is 2.98. The first-order valence-corrected chi connectivity index (χ1v) is 6.90. The molecule has 0 aromatic carbocycles. The highest BCUT2D eigenvalue weighted by Gasteiger charge is 2.41. The summed E-state index contributed by atoms with van der Waals surface area (Å²) in [6.07, 6.45) is 1.02. The molecule has 2 rings (SSSR count). The molecule has 2 aliphatic heterocycles. The zero-order valence-electron chi connectivity index (χ0n) is 11.5. The average molecular weight is 270 g/mol. The van der Waals surface area contributed by atoms with Crippen LogP contribution in [0.25, 0.3) is 0 Å². The van der Waals surface area contributed by atoms with Gasteiger partial charge in [0.1, 0.15) is 5.92 Å². The van der Waals surface area contributed by atoms with Crippen LogP contribution in [-0.4, -0.2) is 65.8 Å². The summed E-state index contributed by atoms with van der Waals surface area (Å²) in [4.78, 5) is 27.2. The topological polar surface area (TPSA) is 70.1 Å². The molecule has 0 aromatic heterocycles. The number of carbonyl (C=O) groups excluding carboxylic acids is 1. The summed E-state index contributed by atoms with van der Waals surface area (Å²) < 4.78 is 5.25. The van der Waals surface area contributed by atoms with E-state index in [0.717, 1.165) is 19.5 Å². The third-order valence-corrected chi connectivity index (χ3v) is 4.05. The lowest BCUT2D eigenvalue weighted by molar-refractivity contribution is -0.142. The third kappa shape index (κ3) is 2.83. The number of hydrogen-bond acceptors (Lipinski definition) is 3. The monoisotopic (exact) mass is 270 g/mol. The van der Waals surface area contributed by atoms with Crippen LogP contribution < -0.4 is 0 Å². The number of nitrogens with zero attached hydrogens (tertiary/aromatic N) is 2. The van der Waals surface area contributed by atoms with Crippen LogP contribution in [0.5, 0.6) is 0 Å². The molecule has 19 heavy (non-hydrogen) atoms. The Labute approximate surface area is 113 Å². The van der Waals surface area contributed by atoms with Crippen molar-refractivity contribution in [2.75, 3.05) is 32.8 Å². The molecule has 0 radical (unpaired) electrons. The Morgan fingerprint density at radius 1 is 1.42 bits per heavy atom. The summed E-state index contributed by atoms with van der Waals surface area (Å²) in [6.45, 7) is 6.57. The van der Waals surface area contributed by atoms with E-state index in [-0.39, 0.29) is 18.7 Å². The standard InChI is InChI=1S/C13H22N2O4/c1-3-15(11-8-19-7-10(11)12(16)17)13(18)14-5-4-9(2)6-14/h9-11H,3-8H2,1-2H3,(H,16,17). The van der Waals surface area contributed by atoms with Gasteiger partial charge in [0, 0.05) is 19.6 Å². The zero-order valence-corrected chi connectivity index (χ0v) is 11.5. The fourth-order valence-electron chi connectivity index (χ4n) is 2.89. The van der Waals surface area contributed by atoms with Crippen molar-refractivity contribution < 1.29 is 19.4 Å². The first kappa shape index (κ1) is 14.1. The Hall–Kier alpha value is -1.30. The maximum Gasteiger partial charge on any atom is 0.320 e. The molecule has 3 unspecified atom stereocenters. The smallest absolute Gasteiger partial charge is 0.320 e. The van der Waals surface area contributed by atoms with E-state index in [2.05, 4.69) is 6.92 Å². The lowest BCUT2D eigenvalue weighted by Crippen LogP contribution is -2.51. The minimum Gasteiger partial charge on any atom is -0.481 e. The van der Waals surface area contributed by atoms with Crippen molar-refractivity contribution in [1.82, 2.24) is 9.80 Å². The highest BCUT2D eigenvalue weighted by Crippen LogP contribution is 2.23. The summed E-state index contributed by atoms with van der Waals surface area (Å²) in [6, 6.07) is -0.389. The number of rotatable bonds is 3. The quantitative estimate of drug-likeness (QED) is 0.826. The number of amides is 2. The number of likely N-dealkylation sites (N-methyl/N-ethyl adjacent to an activating group) is 1. The lowest BCUT2D eigenvalue weighted by Gasteiger charge is -2.33. The van der Waals surface area contributed by atoms with Crippen LogP contribution in [0, 0.1) is 11.8 Å². The molecule has 6 heteroatoms. The van der Waals surface area contributed by atoms with E-state index >= 15 is 0 Å². The van der Waals surface area contributed by atoms with E-state index in [1.54, 1.807) is 4.90 Å². The number of carboxylic acids is 1. The van der Waals surface area contributed by atoms with Crippen molar-refractivity contribution in [2.45, 2.75) is 26.3 Å². The van der Waals surface area contributed by atoms with Gasteiger partial charge >= 0.3 is 12.0 Å². The Morgan fingerprint density at radius 3 is 2.68 bits per heavy atom. The molecule has 108 valence electrons. The predicted molar refractivity (Wildman–Crippen MR) is 68.9 cm³/mol. The molecule has 2 heterocycles. The molecule has 2 saturated heterocycles. The number of urea groups is 1. The van der Waals surface area contributed by atoms with Gasteiger partial charge in [0.25, 0.3) is 0 Å². The maximum atomic E-state index is 12.5. The molecule has 2 amide bonds. The normalized spacial score (nSPS) is 30.6. The van der Waals surface area contributed by atoms with E-state index in [1.165, 1.54) is 0 Å². The van der Waals surface area contributed by atoms with E-state index in [4.69, 9.17) is 4.74 Å². The maximum absolute atomic E-state index is 12.5. The van der Waals surface area contributed by atoms with Gasteiger partial charge in [0.2, 0.25) is 0 Å². The summed E-state index contributed by atoms with van der Waals surface area (Å²) in [5.41, 5.74) is 0. The Morgan fingerprint density at radius 2 is 2.16 bits per heavy atom. The van der Waals surface area contributed by atoms with E-state index in [1.807, 2.05) is 11.8 Å². The van der Waals surface area contributed by atoms with Gasteiger partial charge in [-0.2, -0.15) is 0 Å². The van der Waals surface area contributed by atoms with Gasteiger partial charge in [-0.3, -0.25) is 4.79 Å². The molecule has 0 aliphatic carbocycles. The van der Waals surface area contributed by atoms with E-state index < -0.39 is 11.9 Å². The second-order valence-corrected chi connectivity index (χ2v) is 5.46. The summed E-state index contributed by atoms with van der Waals surface area (Å²) >= 11 is 0. The van der Waals surface area contributed by atoms with Crippen molar-refractivity contribution in [1.29, 1.82) is 0 Å². The van der Waals surface area contributed by atoms with Crippen LogP contribution in [0.15, 0.2) is 0 Å². The second-order valence-electron chi connectivity index (χ2n) is 5.46. The van der Waals surface area contributed by atoms with Gasteiger partial charge in [-0.15, -0.1) is 0 Å². The summed E-state index contributed by atoms with van der Waals surface area (Å²) in [5.74, 6) is -0.967. The third-order valence-electron chi connectivity index (χ3n) is 4.05. The number of aliphatic carboxylic acids is 1. The van der Waals surface area contributed by atoms with Gasteiger partial charge < -0.3 is 19.6 Å². The van der Waals surface area contributed by atoms with Crippen molar-refractivity contribution in [3.8, 4) is 0 Å². The molecule has 0 aromatic rings. The molecule has 2 fully saturated rings. The van der Waals surface area contributed by atoms with Gasteiger partial charge in [0.15, 0.2) is 0 Å². The molecule has 0 saturated carbocycles. The Balaban J connectivity index is 2.06. The van der Waals surface area contributed by atoms with E-state index in [9.17, 15) is 14.7 Å². The predicted octanol–water partition coefficient (Wildman–Crippen LogP) is 0.870. The molecular formula is C13H22N2O4. The largest absolute Gasteiger partial charge is 0.481 e. The van der Waals surface area contributed by atoms with Crippen LogP contribution in [0.2, 0.25) is 0 Å². The van der Waals surface area contributed by atoms with Gasteiger partial charge in [-0.1, -0.05) is 6.92 Å². The van der Waals surface area contributed by atoms with Crippen LogP contribution in [-0.2, 0) is 9.53 Å². The number of hydrogen-bond donors (Lipinski definition) is 1. The second kappa shape index (κ2) is 5.77. The summed E-state index contributed by atoms with van der Waals surface area (Å²) in [5, 5.41) is 9.19. The highest BCUT2D eigenvalue weighted by atomic mass is 16.5. The molecular weight excluding hydrogens is 248 g/mol. The molecule has 3 atom stereocenters. The van der Waals surface area contributed by atoms with Gasteiger partial charge in [0.05, 0.1) is 19.3 Å². The van der Waals surface area contributed by atoms with Crippen molar-refractivity contribution >= 4 is 12.0 Å². The molecule has 0 bridgehead atoms. The fraction of sp³-hybridized carbons (Fsp3) is 0.846. The highest BCUT2D eigenvalue weighted by molar-refractivity contribution is 5.77. The number of ether oxygens (including phenoxy) is 1. The number of likely N-dealkylation sites (tertiary alicyclic amines) is 1. The zero-order chi connectivity index (χ0) is 14.0. The minimum absolute atomic E-state index is 0.0476. The van der Waals surface area contributed by atoms with Gasteiger partial charge in [-0.05, 0) is 19.3 Å². The molecule has 6 nitrogen and oxygen atoms in total. The first-order chi connectivity index (χ1) is 9.04. The Bertz CT molecular complexity index is 361. The van der Waals surface area contributed by atoms with Crippen LogP contribution in [0.1, 0.15) is 20.3 Å². The van der Waals surface area contributed by atoms with Crippen LogP contribution in [0.4, 0.5) is 4.79 Å². The SMILES string of the molecule is CCN(C(=O)N1CCC(C)C1)C1COCC1C(=O)O. The van der Waals surface area contributed by atoms with Gasteiger partial charge in [-0.25, -0.2) is 4.79 Å². The molecule has 2 aliphatic rings. The lowest BCUT2D eigenvalue weighted by atomic mass is 10.0. The molecule has 0 spiro atoms. The minimum atomic E-state index is -0.886. The van der Waals surface area contributed by atoms with E-state index in [0.29, 0.717) is 19.1 Å². The van der Waals surface area contributed by atoms with Crippen LogP contribution in [0.3, 0.4) is 0 Å². The van der Waals surface area contributed by atoms with Crippen molar-refractivity contribution in [3.05, 3.63) is 0 Å². The summed E-state index contributed by atoms with van der Waals surface area (Å²) in [7, 11) is 0. The van der Waals surface area contributed by atoms with Crippen LogP contribution >= 0.6 is 0 Å². The van der Waals surface area contributed by atoms with Crippen molar-refractivity contribution in [3.63, 3.8) is 0 Å². The number of carbonyl (C=O) groups is 2. The fourth-order valence-corrected chi connectivity index (χ4v) is 2.89.